The first-order valence-corrected chi connectivity index (χ1v) is 6.92. The number of benzene rings is 1. The monoisotopic (exact) mass is 256 g/mol. The quantitative estimate of drug-likeness (QED) is 0.777. The van der Waals surface area contributed by atoms with Crippen molar-refractivity contribution in [2.24, 2.45) is 5.92 Å². The fraction of sp³-hybridized carbons (Fsp3) is 0.500. The van der Waals surface area contributed by atoms with Crippen LogP contribution in [-0.2, 0) is 6.42 Å². The zero-order chi connectivity index (χ0) is 13.8. The van der Waals surface area contributed by atoms with Crippen LogP contribution >= 0.6 is 0 Å². The molecule has 1 atom stereocenters. The molecule has 3 nitrogen and oxygen atoms in total. The van der Waals surface area contributed by atoms with Crippen LogP contribution in [0, 0.1) is 17.2 Å². The van der Waals surface area contributed by atoms with Gasteiger partial charge in [0.15, 0.2) is 5.78 Å². The van der Waals surface area contributed by atoms with Crippen molar-refractivity contribution in [2.45, 2.75) is 32.6 Å². The van der Waals surface area contributed by atoms with Gasteiger partial charge in [-0.15, -0.1) is 0 Å². The number of carbonyl (C=O) groups excluding carboxylic acids is 1. The number of carbonyl (C=O) groups is 1. The van der Waals surface area contributed by atoms with Gasteiger partial charge in [-0.2, -0.15) is 5.26 Å². The largest absolute Gasteiger partial charge is 0.374 e. The second-order valence-electron chi connectivity index (χ2n) is 5.20. The van der Waals surface area contributed by atoms with Crippen LogP contribution < -0.4 is 4.90 Å². The first kappa shape index (κ1) is 13.6. The third-order valence-corrected chi connectivity index (χ3v) is 3.92. The van der Waals surface area contributed by atoms with Gasteiger partial charge < -0.3 is 4.90 Å². The molecule has 0 spiro atoms. The zero-order valence-corrected chi connectivity index (χ0v) is 11.6. The molecule has 1 unspecified atom stereocenters. The van der Waals surface area contributed by atoms with Crippen LogP contribution in [0.3, 0.4) is 0 Å². The SMILES string of the molecule is CCC(CC#N)C(=O)c1ccc2c(c1)CCCN2C. The third kappa shape index (κ3) is 2.78. The Labute approximate surface area is 114 Å². The normalized spacial score (nSPS) is 15.5. The van der Waals surface area contributed by atoms with E-state index in [0.717, 1.165) is 31.4 Å². The van der Waals surface area contributed by atoms with E-state index >= 15 is 0 Å². The van der Waals surface area contributed by atoms with E-state index in [2.05, 4.69) is 18.0 Å². The third-order valence-electron chi connectivity index (χ3n) is 3.92. The Hall–Kier alpha value is -1.82. The summed E-state index contributed by atoms with van der Waals surface area (Å²) in [5.74, 6) is -0.0514. The Morgan fingerprint density at radius 3 is 3.00 bits per heavy atom. The lowest BCUT2D eigenvalue weighted by Gasteiger charge is -2.28. The standard InChI is InChI=1S/C16H20N2O/c1-3-12(8-9-17)16(19)14-6-7-15-13(11-14)5-4-10-18(15)2/h6-7,11-12H,3-5,8,10H2,1-2H3. The lowest BCUT2D eigenvalue weighted by Crippen LogP contribution is -2.25. The summed E-state index contributed by atoms with van der Waals surface area (Å²) in [6.45, 7) is 3.04. The van der Waals surface area contributed by atoms with Crippen molar-refractivity contribution in [1.82, 2.24) is 0 Å². The summed E-state index contributed by atoms with van der Waals surface area (Å²) in [6.07, 6.45) is 3.21. The molecule has 0 bridgehead atoms. The maximum Gasteiger partial charge on any atom is 0.166 e. The van der Waals surface area contributed by atoms with Crippen LogP contribution in [0.4, 0.5) is 5.69 Å². The molecule has 0 saturated carbocycles. The summed E-state index contributed by atoms with van der Waals surface area (Å²) in [6, 6.07) is 8.08. The van der Waals surface area contributed by atoms with E-state index < -0.39 is 0 Å². The minimum Gasteiger partial charge on any atom is -0.374 e. The smallest absolute Gasteiger partial charge is 0.166 e. The van der Waals surface area contributed by atoms with Gasteiger partial charge >= 0.3 is 0 Å². The van der Waals surface area contributed by atoms with Gasteiger partial charge in [-0.25, -0.2) is 0 Å². The highest BCUT2D eigenvalue weighted by Gasteiger charge is 2.20. The van der Waals surface area contributed by atoms with E-state index in [4.69, 9.17) is 5.26 Å². The summed E-state index contributed by atoms with van der Waals surface area (Å²) >= 11 is 0. The Bertz CT molecular complexity index is 516. The highest BCUT2D eigenvalue weighted by molar-refractivity contribution is 5.98. The summed E-state index contributed by atoms with van der Waals surface area (Å²) in [4.78, 5) is 14.6. The molecule has 1 aromatic rings. The van der Waals surface area contributed by atoms with Gasteiger partial charge in [0.25, 0.3) is 0 Å². The molecule has 1 aliphatic heterocycles. The molecule has 0 saturated heterocycles. The second kappa shape index (κ2) is 5.88. The minimum absolute atomic E-state index is 0.111. The van der Waals surface area contributed by atoms with Crippen molar-refractivity contribution < 1.29 is 4.79 Å². The van der Waals surface area contributed by atoms with Crippen LogP contribution in [0.25, 0.3) is 0 Å². The number of hydrogen-bond acceptors (Lipinski definition) is 3. The van der Waals surface area contributed by atoms with Crippen molar-refractivity contribution in [3.8, 4) is 6.07 Å². The highest BCUT2D eigenvalue weighted by Crippen LogP contribution is 2.28. The van der Waals surface area contributed by atoms with Gasteiger partial charge in [-0.05, 0) is 43.0 Å². The number of ketones is 1. The fourth-order valence-electron chi connectivity index (χ4n) is 2.71. The van der Waals surface area contributed by atoms with E-state index in [1.165, 1.54) is 11.3 Å². The van der Waals surface area contributed by atoms with E-state index in [-0.39, 0.29) is 11.7 Å². The molecule has 0 amide bonds. The number of nitrogens with zero attached hydrogens (tertiary/aromatic N) is 2. The molecule has 3 heteroatoms. The van der Waals surface area contributed by atoms with Crippen molar-refractivity contribution in [3.63, 3.8) is 0 Å². The molecule has 0 aliphatic carbocycles. The highest BCUT2D eigenvalue weighted by atomic mass is 16.1. The molecular formula is C16H20N2O. The van der Waals surface area contributed by atoms with Gasteiger partial charge in [0, 0.05) is 37.2 Å². The van der Waals surface area contributed by atoms with Crippen LogP contribution in [0.5, 0.6) is 0 Å². The average Bonchev–Trinajstić information content (AvgIpc) is 2.44. The second-order valence-corrected chi connectivity index (χ2v) is 5.20. The van der Waals surface area contributed by atoms with Gasteiger partial charge in [0.1, 0.15) is 0 Å². The molecule has 0 N–H and O–H groups in total. The Kier molecular flexibility index (Phi) is 4.21. The van der Waals surface area contributed by atoms with E-state index in [1.807, 2.05) is 25.1 Å². The van der Waals surface area contributed by atoms with Crippen molar-refractivity contribution in [3.05, 3.63) is 29.3 Å². The van der Waals surface area contributed by atoms with Crippen LogP contribution in [-0.4, -0.2) is 19.4 Å². The number of hydrogen-bond donors (Lipinski definition) is 0. The predicted octanol–water partition coefficient (Wildman–Crippen LogP) is 3.19. The lowest BCUT2D eigenvalue weighted by atomic mass is 9.90. The molecule has 0 fully saturated rings. The topological polar surface area (TPSA) is 44.1 Å². The lowest BCUT2D eigenvalue weighted by molar-refractivity contribution is 0.0918. The van der Waals surface area contributed by atoms with E-state index in [1.54, 1.807) is 0 Å². The molecule has 0 aromatic heterocycles. The van der Waals surface area contributed by atoms with Crippen molar-refractivity contribution in [2.75, 3.05) is 18.5 Å². The molecule has 100 valence electrons. The van der Waals surface area contributed by atoms with Gasteiger partial charge in [-0.1, -0.05) is 6.92 Å². The first-order valence-electron chi connectivity index (χ1n) is 6.92. The van der Waals surface area contributed by atoms with Crippen LogP contribution in [0.2, 0.25) is 0 Å². The summed E-state index contributed by atoms with van der Waals surface area (Å²) in [5.41, 5.74) is 3.25. The number of rotatable bonds is 4. The van der Waals surface area contributed by atoms with Gasteiger partial charge in [-0.3, -0.25) is 4.79 Å². The minimum atomic E-state index is -0.163. The van der Waals surface area contributed by atoms with E-state index in [9.17, 15) is 4.79 Å². The maximum absolute atomic E-state index is 12.4. The van der Waals surface area contributed by atoms with Crippen LogP contribution in [0.15, 0.2) is 18.2 Å². The zero-order valence-electron chi connectivity index (χ0n) is 11.6. The first-order chi connectivity index (χ1) is 9.17. The molecule has 1 aliphatic rings. The van der Waals surface area contributed by atoms with Crippen molar-refractivity contribution in [1.29, 1.82) is 5.26 Å². The summed E-state index contributed by atoms with van der Waals surface area (Å²) in [7, 11) is 2.09. The number of aryl methyl sites for hydroxylation is 1. The summed E-state index contributed by atoms with van der Waals surface area (Å²) < 4.78 is 0. The number of anilines is 1. The predicted molar refractivity (Wildman–Crippen MR) is 76.4 cm³/mol. The maximum atomic E-state index is 12.4. The van der Waals surface area contributed by atoms with Gasteiger partial charge in [0.2, 0.25) is 0 Å². The average molecular weight is 256 g/mol. The molecule has 19 heavy (non-hydrogen) atoms. The number of nitriles is 1. The molecule has 0 radical (unpaired) electrons. The van der Waals surface area contributed by atoms with Crippen LogP contribution in [0.1, 0.15) is 42.1 Å². The molecule has 2 rings (SSSR count). The Balaban J connectivity index is 2.27. The molecule has 1 heterocycles. The fourth-order valence-corrected chi connectivity index (χ4v) is 2.71. The Morgan fingerprint density at radius 2 is 2.32 bits per heavy atom. The van der Waals surface area contributed by atoms with Gasteiger partial charge in [0.05, 0.1) is 6.07 Å². The molecular weight excluding hydrogens is 236 g/mol. The number of Topliss-reactive ketones (excluding diaryl/α,β-unsaturated/α-hetero) is 1. The Morgan fingerprint density at radius 1 is 1.53 bits per heavy atom. The summed E-state index contributed by atoms with van der Waals surface area (Å²) in [5, 5.41) is 8.78. The van der Waals surface area contributed by atoms with Crippen molar-refractivity contribution >= 4 is 11.5 Å². The van der Waals surface area contributed by atoms with E-state index in [0.29, 0.717) is 6.42 Å². The number of fused-ring (bicyclic) bond motifs is 1. The molecule has 1 aromatic carbocycles.